The van der Waals surface area contributed by atoms with Crippen molar-refractivity contribution >= 4 is 27.3 Å². The van der Waals surface area contributed by atoms with Gasteiger partial charge in [0.05, 0.1) is 12.0 Å². The van der Waals surface area contributed by atoms with Crippen LogP contribution >= 0.6 is 11.3 Å². The summed E-state index contributed by atoms with van der Waals surface area (Å²) in [6.45, 7) is 0.747. The number of rotatable bonds is 4. The van der Waals surface area contributed by atoms with Gasteiger partial charge in [-0.25, -0.2) is 8.42 Å². The summed E-state index contributed by atoms with van der Waals surface area (Å²) in [7, 11) is -3.50. The standard InChI is InChI=1S/C20H24N2O3S2/c23-20(21-18-10-3-7-15-6-1-2-9-17(15)18)16-8-4-12-22(14-16)27(24,25)19-11-5-13-26-19/h1-2,5-6,9,11,13,16,18H,3-4,7-8,10,12,14H2,(H,21,23)/t16-,18+/m0/s1. The molecule has 1 N–H and O–H groups in total. The van der Waals surface area contributed by atoms with E-state index >= 15 is 0 Å². The van der Waals surface area contributed by atoms with Crippen LogP contribution in [0, 0.1) is 5.92 Å². The van der Waals surface area contributed by atoms with Crippen molar-refractivity contribution in [1.82, 2.24) is 9.62 Å². The minimum absolute atomic E-state index is 0.0252. The van der Waals surface area contributed by atoms with E-state index in [2.05, 4.69) is 17.4 Å². The summed E-state index contributed by atoms with van der Waals surface area (Å²) < 4.78 is 27.4. The Bertz CT molecular complexity index is 909. The summed E-state index contributed by atoms with van der Waals surface area (Å²) in [5, 5.41) is 4.96. The van der Waals surface area contributed by atoms with Crippen molar-refractivity contribution in [3.8, 4) is 0 Å². The molecule has 27 heavy (non-hydrogen) atoms. The third kappa shape index (κ3) is 3.81. The number of carbonyl (C=O) groups is 1. The number of hydrogen-bond acceptors (Lipinski definition) is 4. The first-order valence-electron chi connectivity index (χ1n) is 9.47. The fraction of sp³-hybridized carbons (Fsp3) is 0.450. The molecule has 144 valence electrons. The molecule has 2 aromatic rings. The fourth-order valence-corrected chi connectivity index (χ4v) is 6.77. The van der Waals surface area contributed by atoms with Crippen molar-refractivity contribution in [2.75, 3.05) is 13.1 Å². The number of nitrogens with one attached hydrogen (secondary N) is 1. The number of aryl methyl sites for hydroxylation is 1. The second kappa shape index (κ2) is 7.73. The maximum Gasteiger partial charge on any atom is 0.252 e. The van der Waals surface area contributed by atoms with E-state index in [1.54, 1.807) is 17.5 Å². The van der Waals surface area contributed by atoms with Crippen LogP contribution in [0.3, 0.4) is 0 Å². The van der Waals surface area contributed by atoms with Crippen molar-refractivity contribution in [2.45, 2.75) is 42.4 Å². The molecule has 0 bridgehead atoms. The number of fused-ring (bicyclic) bond motifs is 1. The van der Waals surface area contributed by atoms with Gasteiger partial charge in [-0.2, -0.15) is 4.31 Å². The zero-order chi connectivity index (χ0) is 18.9. The zero-order valence-electron chi connectivity index (χ0n) is 15.1. The molecule has 2 aliphatic rings. The highest BCUT2D eigenvalue weighted by atomic mass is 32.2. The lowest BCUT2D eigenvalue weighted by Gasteiger charge is -2.33. The Labute approximate surface area is 164 Å². The summed E-state index contributed by atoms with van der Waals surface area (Å²) in [5.74, 6) is -0.314. The monoisotopic (exact) mass is 404 g/mol. The van der Waals surface area contributed by atoms with Gasteiger partial charge in [-0.05, 0) is 54.7 Å². The summed E-state index contributed by atoms with van der Waals surface area (Å²) in [6, 6.07) is 11.7. The van der Waals surface area contributed by atoms with Gasteiger partial charge in [0, 0.05) is 13.1 Å². The Morgan fingerprint density at radius 3 is 2.78 bits per heavy atom. The number of hydrogen-bond donors (Lipinski definition) is 1. The van der Waals surface area contributed by atoms with Crippen molar-refractivity contribution in [1.29, 1.82) is 0 Å². The minimum Gasteiger partial charge on any atom is -0.349 e. The highest BCUT2D eigenvalue weighted by Crippen LogP contribution is 2.31. The second-order valence-corrected chi connectivity index (χ2v) is 10.4. The van der Waals surface area contributed by atoms with E-state index in [1.165, 1.54) is 26.8 Å². The molecule has 1 amide bonds. The van der Waals surface area contributed by atoms with E-state index in [4.69, 9.17) is 0 Å². The second-order valence-electron chi connectivity index (χ2n) is 7.29. The lowest BCUT2D eigenvalue weighted by atomic mass is 9.87. The van der Waals surface area contributed by atoms with Gasteiger partial charge in [-0.3, -0.25) is 4.79 Å². The number of thiophene rings is 1. The smallest absolute Gasteiger partial charge is 0.252 e. The number of benzene rings is 1. The first kappa shape index (κ1) is 18.7. The summed E-state index contributed by atoms with van der Waals surface area (Å²) >= 11 is 1.22. The number of carbonyl (C=O) groups excluding carboxylic acids is 1. The molecule has 4 rings (SSSR count). The first-order valence-corrected chi connectivity index (χ1v) is 11.8. The molecule has 5 nitrogen and oxygen atoms in total. The van der Waals surface area contributed by atoms with E-state index in [0.717, 1.165) is 25.7 Å². The molecular weight excluding hydrogens is 380 g/mol. The lowest BCUT2D eigenvalue weighted by Crippen LogP contribution is -2.46. The predicted molar refractivity (Wildman–Crippen MR) is 106 cm³/mol. The summed E-state index contributed by atoms with van der Waals surface area (Å²) in [5.41, 5.74) is 2.51. The quantitative estimate of drug-likeness (QED) is 0.850. The molecule has 1 fully saturated rings. The van der Waals surface area contributed by atoms with Crippen LogP contribution in [0.4, 0.5) is 0 Å². The summed E-state index contributed by atoms with van der Waals surface area (Å²) in [4.78, 5) is 12.9. The third-order valence-electron chi connectivity index (χ3n) is 5.53. The van der Waals surface area contributed by atoms with Crippen molar-refractivity contribution < 1.29 is 13.2 Å². The lowest BCUT2D eigenvalue weighted by molar-refractivity contribution is -0.127. The molecule has 0 unspecified atom stereocenters. The number of nitrogens with zero attached hydrogens (tertiary/aromatic N) is 1. The van der Waals surface area contributed by atoms with Gasteiger partial charge in [0.2, 0.25) is 5.91 Å². The van der Waals surface area contributed by atoms with Gasteiger partial charge >= 0.3 is 0 Å². The molecule has 7 heteroatoms. The molecule has 1 aliphatic carbocycles. The first-order chi connectivity index (χ1) is 13.1. The van der Waals surface area contributed by atoms with Gasteiger partial charge < -0.3 is 5.32 Å². The van der Waals surface area contributed by atoms with Crippen LogP contribution in [0.5, 0.6) is 0 Å². The van der Waals surface area contributed by atoms with Gasteiger partial charge in [0.15, 0.2) is 0 Å². The highest BCUT2D eigenvalue weighted by molar-refractivity contribution is 7.91. The van der Waals surface area contributed by atoms with Crippen molar-refractivity contribution in [3.63, 3.8) is 0 Å². The Kier molecular flexibility index (Phi) is 5.34. The van der Waals surface area contributed by atoms with E-state index < -0.39 is 10.0 Å². The van der Waals surface area contributed by atoms with Gasteiger partial charge in [-0.15, -0.1) is 11.3 Å². The fourth-order valence-electron chi connectivity index (χ4n) is 4.11. The van der Waals surface area contributed by atoms with Crippen LogP contribution in [0.25, 0.3) is 0 Å². The zero-order valence-corrected chi connectivity index (χ0v) is 16.8. The van der Waals surface area contributed by atoms with Crippen LogP contribution < -0.4 is 5.32 Å². The molecule has 0 saturated carbocycles. The van der Waals surface area contributed by atoms with Crippen LogP contribution in [0.1, 0.15) is 42.9 Å². The van der Waals surface area contributed by atoms with E-state index in [0.29, 0.717) is 17.2 Å². The van der Waals surface area contributed by atoms with Crippen LogP contribution in [0.2, 0.25) is 0 Å². The van der Waals surface area contributed by atoms with Crippen LogP contribution in [-0.2, 0) is 21.2 Å². The summed E-state index contributed by atoms with van der Waals surface area (Å²) in [6.07, 6.45) is 4.50. The molecule has 0 spiro atoms. The normalized spacial score (nSPS) is 23.6. The maximum atomic E-state index is 12.9. The Hall–Kier alpha value is -1.70. The minimum atomic E-state index is -3.50. The molecule has 1 aromatic carbocycles. The van der Waals surface area contributed by atoms with E-state index in [9.17, 15) is 13.2 Å². The Morgan fingerprint density at radius 2 is 1.96 bits per heavy atom. The largest absolute Gasteiger partial charge is 0.349 e. The maximum absolute atomic E-state index is 12.9. The Balaban J connectivity index is 1.46. The molecule has 2 heterocycles. The highest BCUT2D eigenvalue weighted by Gasteiger charge is 2.34. The molecule has 1 aromatic heterocycles. The van der Waals surface area contributed by atoms with Crippen molar-refractivity contribution in [3.05, 3.63) is 52.9 Å². The average Bonchev–Trinajstić information content (AvgIpc) is 3.24. The predicted octanol–water partition coefficient (Wildman–Crippen LogP) is 3.34. The SMILES string of the molecule is O=C(N[C@@H]1CCCc2ccccc21)[C@H]1CCCN(S(=O)(=O)c2cccs2)C1. The van der Waals surface area contributed by atoms with Crippen LogP contribution in [0.15, 0.2) is 46.0 Å². The van der Waals surface area contributed by atoms with Crippen LogP contribution in [-0.4, -0.2) is 31.7 Å². The molecule has 0 radical (unpaired) electrons. The number of sulfonamides is 1. The molecular formula is C20H24N2O3S2. The van der Waals surface area contributed by atoms with Gasteiger partial charge in [-0.1, -0.05) is 30.3 Å². The van der Waals surface area contributed by atoms with E-state index in [-0.39, 0.29) is 24.4 Å². The Morgan fingerprint density at radius 1 is 1.11 bits per heavy atom. The molecule has 1 saturated heterocycles. The number of amides is 1. The van der Waals surface area contributed by atoms with Crippen molar-refractivity contribution in [2.24, 2.45) is 5.92 Å². The van der Waals surface area contributed by atoms with Gasteiger partial charge in [0.25, 0.3) is 10.0 Å². The average molecular weight is 405 g/mol. The number of piperidine rings is 1. The topological polar surface area (TPSA) is 66.5 Å². The van der Waals surface area contributed by atoms with Gasteiger partial charge in [0.1, 0.15) is 4.21 Å². The molecule has 1 aliphatic heterocycles. The third-order valence-corrected chi connectivity index (χ3v) is 8.77. The van der Waals surface area contributed by atoms with E-state index in [1.807, 2.05) is 12.1 Å². The molecule has 2 atom stereocenters.